The van der Waals surface area contributed by atoms with E-state index in [0.717, 1.165) is 9.17 Å². The van der Waals surface area contributed by atoms with Crippen molar-refractivity contribution in [1.82, 2.24) is 4.98 Å². The third kappa shape index (κ3) is 3.40. The Kier molecular flexibility index (Phi) is 4.40. The fraction of sp³-hybridized carbons (Fsp3) is 0.0625. The number of hydrogen-bond acceptors (Lipinski definition) is 5. The number of nitrogens with one attached hydrogen (secondary N) is 1. The predicted octanol–water partition coefficient (Wildman–Crippen LogP) is 4.10. The highest BCUT2D eigenvalue weighted by Crippen LogP contribution is 2.27. The van der Waals surface area contributed by atoms with E-state index < -0.39 is 5.97 Å². The van der Waals surface area contributed by atoms with E-state index in [0.29, 0.717) is 21.8 Å². The van der Waals surface area contributed by atoms with Crippen LogP contribution in [0.5, 0.6) is 0 Å². The molecule has 0 aliphatic carbocycles. The van der Waals surface area contributed by atoms with Crippen LogP contribution in [0.25, 0.3) is 10.2 Å². The van der Waals surface area contributed by atoms with E-state index in [1.165, 1.54) is 18.4 Å². The fourth-order valence-electron chi connectivity index (χ4n) is 2.02. The third-order valence-electron chi connectivity index (χ3n) is 3.12. The normalized spacial score (nSPS) is 10.5. The summed E-state index contributed by atoms with van der Waals surface area (Å²) in [6.45, 7) is 0. The van der Waals surface area contributed by atoms with Crippen molar-refractivity contribution >= 4 is 54.5 Å². The number of benzene rings is 2. The molecule has 116 valence electrons. The Morgan fingerprint density at radius 3 is 2.74 bits per heavy atom. The molecule has 0 saturated carbocycles. The summed E-state index contributed by atoms with van der Waals surface area (Å²) in [5.74, 6) is -0.640. The molecule has 0 spiro atoms. The summed E-state index contributed by atoms with van der Waals surface area (Å²) in [7, 11) is 1.34. The molecule has 0 bridgehead atoms. The highest BCUT2D eigenvalue weighted by molar-refractivity contribution is 9.10. The number of nitrogens with zero attached hydrogens (tertiary/aromatic N) is 1. The van der Waals surface area contributed by atoms with Gasteiger partial charge >= 0.3 is 5.97 Å². The maximum atomic E-state index is 12.2. The Balaban J connectivity index is 1.86. The van der Waals surface area contributed by atoms with E-state index in [1.807, 2.05) is 6.07 Å². The molecule has 0 unspecified atom stereocenters. The van der Waals surface area contributed by atoms with Gasteiger partial charge in [0.2, 0.25) is 0 Å². The second kappa shape index (κ2) is 6.47. The topological polar surface area (TPSA) is 68.3 Å². The molecule has 1 amide bonds. The molecule has 0 aliphatic rings. The van der Waals surface area contributed by atoms with Crippen molar-refractivity contribution in [1.29, 1.82) is 0 Å². The van der Waals surface area contributed by atoms with Gasteiger partial charge in [0.05, 0.1) is 22.9 Å². The Morgan fingerprint density at radius 1 is 1.17 bits per heavy atom. The monoisotopic (exact) mass is 390 g/mol. The number of ether oxygens (including phenoxy) is 1. The van der Waals surface area contributed by atoms with Gasteiger partial charge in [-0.3, -0.25) is 10.1 Å². The number of carbonyl (C=O) groups is 2. The number of aromatic nitrogens is 1. The van der Waals surface area contributed by atoms with Crippen LogP contribution in [0, 0.1) is 0 Å². The number of methoxy groups -OCH3 is 1. The number of rotatable bonds is 3. The zero-order valence-electron chi connectivity index (χ0n) is 12.0. The second-order valence-corrected chi connectivity index (χ2v) is 6.60. The molecule has 23 heavy (non-hydrogen) atoms. The minimum atomic E-state index is -0.403. The molecule has 1 N–H and O–H groups in total. The minimum Gasteiger partial charge on any atom is -0.465 e. The van der Waals surface area contributed by atoms with Crippen molar-refractivity contribution in [2.75, 3.05) is 12.4 Å². The minimum absolute atomic E-state index is 0.237. The zero-order valence-corrected chi connectivity index (χ0v) is 14.4. The predicted molar refractivity (Wildman–Crippen MR) is 93.1 cm³/mol. The third-order valence-corrected chi connectivity index (χ3v) is 4.54. The van der Waals surface area contributed by atoms with Crippen molar-refractivity contribution in [3.05, 3.63) is 58.1 Å². The van der Waals surface area contributed by atoms with Gasteiger partial charge in [-0.2, -0.15) is 0 Å². The van der Waals surface area contributed by atoms with E-state index in [2.05, 4.69) is 26.2 Å². The van der Waals surface area contributed by atoms with Gasteiger partial charge < -0.3 is 4.74 Å². The number of anilines is 1. The second-order valence-electron chi connectivity index (χ2n) is 4.66. The van der Waals surface area contributed by atoms with Crippen LogP contribution in [0.1, 0.15) is 20.7 Å². The molecule has 0 atom stereocenters. The van der Waals surface area contributed by atoms with E-state index in [1.54, 1.807) is 36.4 Å². The summed E-state index contributed by atoms with van der Waals surface area (Å²) >= 11 is 4.64. The lowest BCUT2D eigenvalue weighted by Gasteiger charge is -2.01. The van der Waals surface area contributed by atoms with Gasteiger partial charge in [-0.25, -0.2) is 9.78 Å². The molecule has 0 fully saturated rings. The molecular formula is C16H11BrN2O3S. The average Bonchev–Trinajstić information content (AvgIpc) is 2.95. The van der Waals surface area contributed by atoms with E-state index in [-0.39, 0.29) is 5.91 Å². The zero-order chi connectivity index (χ0) is 16.4. The number of fused-ring (bicyclic) bond motifs is 1. The summed E-state index contributed by atoms with van der Waals surface area (Å²) in [5.41, 5.74) is 1.70. The number of esters is 1. The summed E-state index contributed by atoms with van der Waals surface area (Å²) < 4.78 is 6.33. The Labute approximate surface area is 144 Å². The highest BCUT2D eigenvalue weighted by atomic mass is 79.9. The SMILES string of the molecule is COC(=O)c1ccc2nc(NC(=O)c3cccc(Br)c3)sc2c1. The standard InChI is InChI=1S/C16H11BrN2O3S/c1-22-15(21)10-5-6-12-13(8-10)23-16(18-12)19-14(20)9-3-2-4-11(17)7-9/h2-8H,1H3,(H,18,19,20). The van der Waals surface area contributed by atoms with Crippen molar-refractivity contribution in [2.24, 2.45) is 0 Å². The lowest BCUT2D eigenvalue weighted by molar-refractivity contribution is 0.0601. The molecule has 0 radical (unpaired) electrons. The van der Waals surface area contributed by atoms with E-state index in [4.69, 9.17) is 4.74 Å². The summed E-state index contributed by atoms with van der Waals surface area (Å²) in [5, 5.41) is 3.25. The smallest absolute Gasteiger partial charge is 0.337 e. The van der Waals surface area contributed by atoms with Gasteiger partial charge in [0, 0.05) is 10.0 Å². The molecule has 3 aromatic rings. The van der Waals surface area contributed by atoms with Crippen molar-refractivity contribution < 1.29 is 14.3 Å². The van der Waals surface area contributed by atoms with E-state index in [9.17, 15) is 9.59 Å². The lowest BCUT2D eigenvalue weighted by Crippen LogP contribution is -2.11. The van der Waals surface area contributed by atoms with Crippen LogP contribution in [-0.2, 0) is 4.74 Å². The molecule has 1 heterocycles. The van der Waals surface area contributed by atoms with Gasteiger partial charge in [0.1, 0.15) is 0 Å². The van der Waals surface area contributed by atoms with Gasteiger partial charge in [0.15, 0.2) is 5.13 Å². The number of thiazole rings is 1. The molecule has 1 aromatic heterocycles. The Hall–Kier alpha value is -2.25. The first-order valence-electron chi connectivity index (χ1n) is 6.62. The van der Waals surface area contributed by atoms with Crippen LogP contribution in [0.4, 0.5) is 5.13 Å². The van der Waals surface area contributed by atoms with Gasteiger partial charge in [0.25, 0.3) is 5.91 Å². The number of amides is 1. The molecule has 0 aliphatic heterocycles. The maximum Gasteiger partial charge on any atom is 0.337 e. The highest BCUT2D eigenvalue weighted by Gasteiger charge is 2.12. The first kappa shape index (κ1) is 15.6. The summed E-state index contributed by atoms with van der Waals surface area (Å²) in [6.07, 6.45) is 0. The first-order valence-corrected chi connectivity index (χ1v) is 8.23. The molecule has 7 heteroatoms. The van der Waals surface area contributed by atoms with Crippen LogP contribution < -0.4 is 5.32 Å². The van der Waals surface area contributed by atoms with Gasteiger partial charge in [-0.05, 0) is 36.4 Å². The molecule has 5 nitrogen and oxygen atoms in total. The summed E-state index contributed by atoms with van der Waals surface area (Å²) in [4.78, 5) is 28.1. The van der Waals surface area contributed by atoms with Crippen molar-refractivity contribution in [3.63, 3.8) is 0 Å². The quantitative estimate of drug-likeness (QED) is 0.683. The number of carbonyl (C=O) groups excluding carboxylic acids is 2. The van der Waals surface area contributed by atoms with Crippen molar-refractivity contribution in [2.45, 2.75) is 0 Å². The Bertz CT molecular complexity index is 907. The molecular weight excluding hydrogens is 380 g/mol. The molecule has 3 rings (SSSR count). The molecule has 0 saturated heterocycles. The van der Waals surface area contributed by atoms with Gasteiger partial charge in [-0.1, -0.05) is 33.3 Å². The number of halogens is 1. The van der Waals surface area contributed by atoms with E-state index >= 15 is 0 Å². The largest absolute Gasteiger partial charge is 0.465 e. The summed E-state index contributed by atoms with van der Waals surface area (Å²) in [6, 6.07) is 12.2. The first-order chi connectivity index (χ1) is 11.1. The van der Waals surface area contributed by atoms with Crippen LogP contribution >= 0.6 is 27.3 Å². The lowest BCUT2D eigenvalue weighted by atomic mass is 10.2. The van der Waals surface area contributed by atoms with Crippen LogP contribution in [0.15, 0.2) is 46.9 Å². The fourth-order valence-corrected chi connectivity index (χ4v) is 3.32. The van der Waals surface area contributed by atoms with Crippen LogP contribution in [-0.4, -0.2) is 24.0 Å². The Morgan fingerprint density at radius 2 is 2.00 bits per heavy atom. The maximum absolute atomic E-state index is 12.2. The number of hydrogen-bond donors (Lipinski definition) is 1. The molecule has 2 aromatic carbocycles. The van der Waals surface area contributed by atoms with Gasteiger partial charge in [-0.15, -0.1) is 0 Å². The van der Waals surface area contributed by atoms with Crippen LogP contribution in [0.2, 0.25) is 0 Å². The average molecular weight is 391 g/mol. The van der Waals surface area contributed by atoms with Crippen LogP contribution in [0.3, 0.4) is 0 Å². The van der Waals surface area contributed by atoms with Crippen molar-refractivity contribution in [3.8, 4) is 0 Å².